The van der Waals surface area contributed by atoms with Crippen LogP contribution in [0.15, 0.2) is 35.1 Å². The number of fused-ring (bicyclic) bond motifs is 1. The summed E-state index contributed by atoms with van der Waals surface area (Å²) in [6.45, 7) is 0. The summed E-state index contributed by atoms with van der Waals surface area (Å²) in [5, 5.41) is 4.54. The minimum atomic E-state index is 0.00719. The normalized spacial score (nSPS) is 22.8. The third-order valence-corrected chi connectivity index (χ3v) is 4.06. The Morgan fingerprint density at radius 2 is 2.11 bits per heavy atom. The molecule has 0 saturated heterocycles. The highest BCUT2D eigenvalue weighted by atomic mass is 16.1. The lowest BCUT2D eigenvalue weighted by Gasteiger charge is -2.20. The van der Waals surface area contributed by atoms with Crippen molar-refractivity contribution in [2.75, 3.05) is 5.32 Å². The van der Waals surface area contributed by atoms with Crippen LogP contribution >= 0.6 is 0 Å². The quantitative estimate of drug-likeness (QED) is 0.863. The number of para-hydroxylation sites is 1. The molecule has 19 heavy (non-hydrogen) atoms. The average Bonchev–Trinajstić information content (AvgIpc) is 2.81. The predicted molar refractivity (Wildman–Crippen MR) is 78.4 cm³/mol. The minimum absolute atomic E-state index is 0.00719. The smallest absolute Gasteiger partial charge is 0.252 e. The fraction of sp³-hybridized carbons (Fsp3) is 0.400. The van der Waals surface area contributed by atoms with Gasteiger partial charge in [-0.25, -0.2) is 0 Å². The van der Waals surface area contributed by atoms with Crippen molar-refractivity contribution in [2.45, 2.75) is 31.3 Å². The molecule has 1 aromatic carbocycles. The van der Waals surface area contributed by atoms with E-state index in [9.17, 15) is 4.79 Å². The molecular formula is C15H19N3O. The number of benzene rings is 1. The first-order valence-corrected chi connectivity index (χ1v) is 6.78. The molecule has 100 valence electrons. The average molecular weight is 257 g/mol. The summed E-state index contributed by atoms with van der Waals surface area (Å²) in [7, 11) is 1.80. The molecule has 1 saturated carbocycles. The van der Waals surface area contributed by atoms with Crippen molar-refractivity contribution >= 4 is 16.6 Å². The van der Waals surface area contributed by atoms with E-state index in [1.807, 2.05) is 24.3 Å². The van der Waals surface area contributed by atoms with E-state index in [0.717, 1.165) is 35.9 Å². The second-order valence-corrected chi connectivity index (χ2v) is 5.32. The van der Waals surface area contributed by atoms with E-state index in [1.54, 1.807) is 17.7 Å². The third-order valence-electron chi connectivity index (χ3n) is 4.06. The molecular weight excluding hydrogens is 238 g/mol. The number of rotatable bonds is 2. The van der Waals surface area contributed by atoms with E-state index in [4.69, 9.17) is 5.73 Å². The van der Waals surface area contributed by atoms with Gasteiger partial charge in [-0.05, 0) is 25.3 Å². The first kappa shape index (κ1) is 12.2. The highest BCUT2D eigenvalue weighted by molar-refractivity contribution is 5.91. The standard InChI is InChI=1S/C15H19N3O/c1-18-14-8-3-2-5-10(14)13(9-15(18)19)17-12-7-4-6-11(12)16/h2-3,5,8-9,11-12,17H,4,6-7,16H2,1H3. The van der Waals surface area contributed by atoms with Gasteiger partial charge in [-0.2, -0.15) is 0 Å². The van der Waals surface area contributed by atoms with Crippen molar-refractivity contribution in [1.82, 2.24) is 4.57 Å². The molecule has 0 bridgehead atoms. The van der Waals surface area contributed by atoms with Crippen LogP contribution in [0.3, 0.4) is 0 Å². The van der Waals surface area contributed by atoms with Crippen molar-refractivity contribution in [3.05, 3.63) is 40.7 Å². The van der Waals surface area contributed by atoms with Gasteiger partial charge in [0.25, 0.3) is 5.56 Å². The number of nitrogens with one attached hydrogen (secondary N) is 1. The van der Waals surface area contributed by atoms with E-state index in [1.165, 1.54) is 0 Å². The van der Waals surface area contributed by atoms with Crippen LogP contribution in [0.25, 0.3) is 10.9 Å². The summed E-state index contributed by atoms with van der Waals surface area (Å²) in [5.74, 6) is 0. The molecule has 0 aliphatic heterocycles. The third kappa shape index (κ3) is 2.12. The summed E-state index contributed by atoms with van der Waals surface area (Å²) in [4.78, 5) is 12.0. The number of pyridine rings is 1. The van der Waals surface area contributed by atoms with Crippen LogP contribution in [-0.2, 0) is 7.05 Å². The van der Waals surface area contributed by atoms with Crippen LogP contribution in [0.5, 0.6) is 0 Å². The maximum atomic E-state index is 12.0. The van der Waals surface area contributed by atoms with Crippen LogP contribution in [0.1, 0.15) is 19.3 Å². The van der Waals surface area contributed by atoms with Crippen LogP contribution in [-0.4, -0.2) is 16.7 Å². The number of aryl methyl sites for hydroxylation is 1. The van der Waals surface area contributed by atoms with Gasteiger partial charge in [-0.15, -0.1) is 0 Å². The SMILES string of the molecule is Cn1c(=O)cc(NC2CCCC2N)c2ccccc21. The lowest BCUT2D eigenvalue weighted by atomic mass is 10.1. The van der Waals surface area contributed by atoms with Gasteiger partial charge in [0, 0.05) is 36.3 Å². The Morgan fingerprint density at radius 3 is 2.84 bits per heavy atom. The van der Waals surface area contributed by atoms with Gasteiger partial charge in [0.15, 0.2) is 0 Å². The van der Waals surface area contributed by atoms with Crippen LogP contribution < -0.4 is 16.6 Å². The molecule has 1 aliphatic rings. The Morgan fingerprint density at radius 1 is 1.32 bits per heavy atom. The zero-order valence-corrected chi connectivity index (χ0v) is 11.1. The topological polar surface area (TPSA) is 60.0 Å². The number of hydrogen-bond donors (Lipinski definition) is 2. The van der Waals surface area contributed by atoms with Crippen molar-refractivity contribution in [1.29, 1.82) is 0 Å². The summed E-state index contributed by atoms with van der Waals surface area (Å²) >= 11 is 0. The van der Waals surface area contributed by atoms with Gasteiger partial charge >= 0.3 is 0 Å². The van der Waals surface area contributed by atoms with Gasteiger partial charge in [-0.3, -0.25) is 4.79 Å². The Kier molecular flexibility index (Phi) is 3.03. The van der Waals surface area contributed by atoms with Crippen LogP contribution in [0.4, 0.5) is 5.69 Å². The number of nitrogens with zero attached hydrogens (tertiary/aromatic N) is 1. The number of hydrogen-bond acceptors (Lipinski definition) is 3. The monoisotopic (exact) mass is 257 g/mol. The van der Waals surface area contributed by atoms with E-state index in [-0.39, 0.29) is 17.6 Å². The highest BCUT2D eigenvalue weighted by Crippen LogP contribution is 2.26. The lowest BCUT2D eigenvalue weighted by molar-refractivity contribution is 0.638. The second-order valence-electron chi connectivity index (χ2n) is 5.32. The van der Waals surface area contributed by atoms with E-state index < -0.39 is 0 Å². The second kappa shape index (κ2) is 4.70. The first-order chi connectivity index (χ1) is 9.16. The van der Waals surface area contributed by atoms with Crippen LogP contribution in [0.2, 0.25) is 0 Å². The zero-order chi connectivity index (χ0) is 13.4. The molecule has 1 aliphatic carbocycles. The molecule has 2 atom stereocenters. The Hall–Kier alpha value is -1.81. The summed E-state index contributed by atoms with van der Waals surface area (Å²) < 4.78 is 1.68. The molecule has 1 fully saturated rings. The molecule has 0 spiro atoms. The molecule has 2 unspecified atom stereocenters. The fourth-order valence-corrected chi connectivity index (χ4v) is 2.90. The van der Waals surface area contributed by atoms with Gasteiger partial charge in [0.2, 0.25) is 0 Å². The van der Waals surface area contributed by atoms with E-state index >= 15 is 0 Å². The summed E-state index contributed by atoms with van der Waals surface area (Å²) in [5.41, 5.74) is 7.95. The number of nitrogens with two attached hydrogens (primary N) is 1. The first-order valence-electron chi connectivity index (χ1n) is 6.78. The van der Waals surface area contributed by atoms with Crippen molar-refractivity contribution < 1.29 is 0 Å². The maximum Gasteiger partial charge on any atom is 0.252 e. The Labute approximate surface area is 112 Å². The molecule has 1 heterocycles. The number of anilines is 1. The van der Waals surface area contributed by atoms with Gasteiger partial charge in [0.05, 0.1) is 5.52 Å². The van der Waals surface area contributed by atoms with E-state index in [2.05, 4.69) is 5.32 Å². The van der Waals surface area contributed by atoms with Gasteiger partial charge in [-0.1, -0.05) is 18.2 Å². The Balaban J connectivity index is 2.08. The highest BCUT2D eigenvalue weighted by Gasteiger charge is 2.24. The lowest BCUT2D eigenvalue weighted by Crippen LogP contribution is -2.35. The molecule has 4 nitrogen and oxygen atoms in total. The van der Waals surface area contributed by atoms with Gasteiger partial charge < -0.3 is 15.6 Å². The largest absolute Gasteiger partial charge is 0.380 e. The molecule has 0 amide bonds. The van der Waals surface area contributed by atoms with Crippen molar-refractivity contribution in [2.24, 2.45) is 12.8 Å². The minimum Gasteiger partial charge on any atom is -0.380 e. The molecule has 3 rings (SSSR count). The maximum absolute atomic E-state index is 12.0. The molecule has 0 radical (unpaired) electrons. The number of aromatic nitrogens is 1. The Bertz CT molecular complexity index is 662. The molecule has 4 heteroatoms. The van der Waals surface area contributed by atoms with Crippen LogP contribution in [0, 0.1) is 0 Å². The fourth-order valence-electron chi connectivity index (χ4n) is 2.90. The van der Waals surface area contributed by atoms with Gasteiger partial charge in [0.1, 0.15) is 0 Å². The van der Waals surface area contributed by atoms with E-state index in [0.29, 0.717) is 0 Å². The van der Waals surface area contributed by atoms with Crippen molar-refractivity contribution in [3.63, 3.8) is 0 Å². The zero-order valence-electron chi connectivity index (χ0n) is 11.1. The summed E-state index contributed by atoms with van der Waals surface area (Å²) in [6, 6.07) is 10.1. The summed E-state index contributed by atoms with van der Waals surface area (Å²) in [6.07, 6.45) is 3.28. The predicted octanol–water partition coefficient (Wildman–Crippen LogP) is 1.83. The molecule has 2 aromatic rings. The van der Waals surface area contributed by atoms with Crippen molar-refractivity contribution in [3.8, 4) is 0 Å². The molecule has 1 aromatic heterocycles. The molecule has 3 N–H and O–H groups in total.